The summed E-state index contributed by atoms with van der Waals surface area (Å²) in [7, 11) is -3.38. The number of sulfone groups is 1. The Kier molecular flexibility index (Phi) is 7.80. The fourth-order valence-electron chi connectivity index (χ4n) is 3.73. The van der Waals surface area contributed by atoms with Crippen molar-refractivity contribution in [1.82, 2.24) is 4.98 Å². The number of amides is 1. The van der Waals surface area contributed by atoms with Crippen LogP contribution >= 0.6 is 11.3 Å². The number of esters is 1. The molecule has 0 bridgehead atoms. The fourth-order valence-corrected chi connectivity index (χ4v) is 6.24. The number of nitrogens with one attached hydrogen (secondary N) is 1. The van der Waals surface area contributed by atoms with Gasteiger partial charge in [-0.25, -0.2) is 22.6 Å². The molecule has 2 saturated carbocycles. The summed E-state index contributed by atoms with van der Waals surface area (Å²) in [6, 6.07) is 5.91. The van der Waals surface area contributed by atoms with Gasteiger partial charge in [0, 0.05) is 5.56 Å². The molecule has 1 aromatic heterocycles. The predicted molar refractivity (Wildman–Crippen MR) is 128 cm³/mol. The summed E-state index contributed by atoms with van der Waals surface area (Å²) in [6.07, 6.45) is 4.86. The Morgan fingerprint density at radius 2 is 1.86 bits per heavy atom. The third kappa shape index (κ3) is 5.87. The number of ether oxygens (including phenoxy) is 1. The van der Waals surface area contributed by atoms with E-state index in [1.807, 2.05) is 0 Å². The first-order chi connectivity index (χ1) is 16.8. The van der Waals surface area contributed by atoms with Crippen LogP contribution in [0.5, 0.6) is 0 Å². The Morgan fingerprint density at radius 1 is 1.17 bits per heavy atom. The number of alkyl halides is 1. The van der Waals surface area contributed by atoms with Gasteiger partial charge in [0.1, 0.15) is 17.7 Å². The van der Waals surface area contributed by atoms with Crippen LogP contribution < -0.4 is 5.32 Å². The zero-order valence-electron chi connectivity index (χ0n) is 19.2. The minimum absolute atomic E-state index is 0.00667. The van der Waals surface area contributed by atoms with E-state index in [9.17, 15) is 22.4 Å². The molecule has 2 aromatic rings. The van der Waals surface area contributed by atoms with Gasteiger partial charge in [-0.15, -0.1) is 0 Å². The molecule has 12 heteroatoms. The third-order valence-corrected chi connectivity index (χ3v) is 9.01. The highest BCUT2D eigenvalue weighted by Gasteiger charge is 2.37. The maximum Gasteiger partial charge on any atom is 0.350 e. The van der Waals surface area contributed by atoms with Crippen LogP contribution in [0, 0.1) is 0 Å². The number of carbonyl (C=O) groups is 2. The Bertz CT molecular complexity index is 1220. The van der Waals surface area contributed by atoms with Crippen molar-refractivity contribution in [3.05, 3.63) is 40.4 Å². The van der Waals surface area contributed by atoms with E-state index < -0.39 is 28.4 Å². The first-order valence-corrected chi connectivity index (χ1v) is 13.8. The Balaban J connectivity index is 1.58. The fraction of sp³-hybridized carbons (Fsp3) is 0.478. The minimum atomic E-state index is -3.38. The van der Waals surface area contributed by atoms with Gasteiger partial charge in [0.25, 0.3) is 5.91 Å². The molecule has 0 unspecified atom stereocenters. The highest BCUT2D eigenvalue weighted by molar-refractivity contribution is 7.92. The topological polar surface area (TPSA) is 124 Å². The zero-order valence-corrected chi connectivity index (χ0v) is 20.8. The maximum atomic E-state index is 13.4. The van der Waals surface area contributed by atoms with E-state index >= 15 is 0 Å². The van der Waals surface area contributed by atoms with Gasteiger partial charge < -0.3 is 9.57 Å². The largest absolute Gasteiger partial charge is 0.462 e. The molecule has 35 heavy (non-hydrogen) atoms. The number of carbonyl (C=O) groups excluding carboxylic acids is 2. The number of benzene rings is 1. The normalized spacial score (nSPS) is 16.8. The second-order valence-electron chi connectivity index (χ2n) is 8.32. The molecule has 2 aliphatic carbocycles. The van der Waals surface area contributed by atoms with Crippen LogP contribution in [0.25, 0.3) is 0 Å². The number of anilines is 1. The van der Waals surface area contributed by atoms with Crippen molar-refractivity contribution in [3.63, 3.8) is 0 Å². The average molecular weight is 524 g/mol. The standard InChI is InChI=1S/C23H26FN3O6S2/c1-2-32-22(29)20-18(13-24)25-23(34-20)26-21(28)19(27-33-15-5-3-4-6-15)14-7-9-16(10-8-14)35(30,31)17-11-12-17/h7-10,15,17H,2-6,11-13H2,1H3,(H,25,26,28)/b27-19+. The number of nitrogens with zero attached hydrogens (tertiary/aromatic N) is 2. The average Bonchev–Trinajstić information content (AvgIpc) is 3.44. The van der Waals surface area contributed by atoms with E-state index in [-0.39, 0.29) is 44.3 Å². The lowest BCUT2D eigenvalue weighted by Gasteiger charge is -2.11. The molecule has 0 spiro atoms. The third-order valence-electron chi connectivity index (χ3n) is 5.74. The molecule has 188 valence electrons. The predicted octanol–water partition coefficient (Wildman–Crippen LogP) is 4.03. The lowest BCUT2D eigenvalue weighted by molar-refractivity contribution is -0.110. The lowest BCUT2D eigenvalue weighted by atomic mass is 10.1. The zero-order chi connectivity index (χ0) is 25.0. The smallest absolute Gasteiger partial charge is 0.350 e. The number of halogens is 1. The second kappa shape index (κ2) is 10.8. The van der Waals surface area contributed by atoms with Crippen LogP contribution in [0.1, 0.15) is 66.4 Å². The Morgan fingerprint density at radius 3 is 2.46 bits per heavy atom. The summed E-state index contributed by atoms with van der Waals surface area (Å²) in [5.74, 6) is -1.40. The van der Waals surface area contributed by atoms with Crippen LogP contribution in [-0.4, -0.2) is 49.0 Å². The highest BCUT2D eigenvalue weighted by Crippen LogP contribution is 2.33. The molecule has 0 aliphatic heterocycles. The molecule has 4 rings (SSSR count). The van der Waals surface area contributed by atoms with Crippen LogP contribution in [0.3, 0.4) is 0 Å². The van der Waals surface area contributed by atoms with Crippen LogP contribution in [0.4, 0.5) is 9.52 Å². The van der Waals surface area contributed by atoms with E-state index in [2.05, 4.69) is 15.5 Å². The van der Waals surface area contributed by atoms with E-state index in [0.29, 0.717) is 18.4 Å². The van der Waals surface area contributed by atoms with Crippen molar-refractivity contribution in [3.8, 4) is 0 Å². The van der Waals surface area contributed by atoms with E-state index in [0.717, 1.165) is 37.0 Å². The molecule has 0 radical (unpaired) electrons. The second-order valence-corrected chi connectivity index (χ2v) is 11.6. The minimum Gasteiger partial charge on any atom is -0.462 e. The summed E-state index contributed by atoms with van der Waals surface area (Å²) in [5.41, 5.74) is 0.143. The van der Waals surface area contributed by atoms with E-state index in [4.69, 9.17) is 9.57 Å². The van der Waals surface area contributed by atoms with Gasteiger partial charge in [0.05, 0.1) is 22.4 Å². The van der Waals surface area contributed by atoms with Crippen LogP contribution in [0.2, 0.25) is 0 Å². The summed E-state index contributed by atoms with van der Waals surface area (Å²) in [4.78, 5) is 35.0. The number of aromatic nitrogens is 1. The summed E-state index contributed by atoms with van der Waals surface area (Å²) in [6.45, 7) is 0.750. The SMILES string of the molecule is CCOC(=O)c1sc(NC(=O)/C(=N/OC2CCCC2)c2ccc(S(=O)(=O)C3CC3)cc2)nc1CF. The van der Waals surface area contributed by atoms with Gasteiger partial charge in [-0.1, -0.05) is 28.6 Å². The molecule has 1 N–H and O–H groups in total. The Labute approximate surface area is 206 Å². The number of oxime groups is 1. The first-order valence-electron chi connectivity index (χ1n) is 11.5. The maximum absolute atomic E-state index is 13.4. The molecular weight excluding hydrogens is 497 g/mol. The summed E-state index contributed by atoms with van der Waals surface area (Å²) in [5, 5.41) is 6.30. The van der Waals surface area contributed by atoms with Crippen molar-refractivity contribution in [2.45, 2.75) is 68.4 Å². The van der Waals surface area contributed by atoms with Crippen LogP contribution in [-0.2, 0) is 30.9 Å². The molecule has 2 fully saturated rings. The van der Waals surface area contributed by atoms with Crippen molar-refractivity contribution in [2.24, 2.45) is 5.16 Å². The molecule has 2 aliphatic rings. The van der Waals surface area contributed by atoms with E-state index in [1.165, 1.54) is 24.3 Å². The quantitative estimate of drug-likeness (QED) is 0.283. The van der Waals surface area contributed by atoms with Crippen molar-refractivity contribution in [2.75, 3.05) is 11.9 Å². The lowest BCUT2D eigenvalue weighted by Crippen LogP contribution is -2.25. The van der Waals surface area contributed by atoms with Crippen molar-refractivity contribution >= 4 is 43.9 Å². The van der Waals surface area contributed by atoms with Gasteiger partial charge in [0.15, 0.2) is 20.7 Å². The molecule has 1 aromatic carbocycles. The molecule has 1 heterocycles. The molecule has 0 saturated heterocycles. The monoisotopic (exact) mass is 523 g/mol. The molecule has 0 atom stereocenters. The van der Waals surface area contributed by atoms with Crippen molar-refractivity contribution in [1.29, 1.82) is 0 Å². The molecule has 1 amide bonds. The number of rotatable bonds is 10. The van der Waals surface area contributed by atoms with Gasteiger partial charge in [0.2, 0.25) is 0 Å². The first kappa shape index (κ1) is 25.2. The summed E-state index contributed by atoms with van der Waals surface area (Å²) >= 11 is 0.800. The number of hydrogen-bond donors (Lipinski definition) is 1. The highest BCUT2D eigenvalue weighted by atomic mass is 32.2. The summed E-state index contributed by atoms with van der Waals surface area (Å²) < 4.78 is 43.3. The molecule has 9 nitrogen and oxygen atoms in total. The van der Waals surface area contributed by atoms with Gasteiger partial charge in [-0.05, 0) is 57.6 Å². The van der Waals surface area contributed by atoms with Crippen molar-refractivity contribution < 1.29 is 32.0 Å². The van der Waals surface area contributed by atoms with Gasteiger partial charge in [-0.3, -0.25) is 10.1 Å². The van der Waals surface area contributed by atoms with Crippen LogP contribution in [0.15, 0.2) is 34.3 Å². The number of thiazole rings is 1. The Hall–Kier alpha value is -2.86. The van der Waals surface area contributed by atoms with Gasteiger partial charge in [-0.2, -0.15) is 0 Å². The number of hydrogen-bond acceptors (Lipinski definition) is 9. The van der Waals surface area contributed by atoms with Gasteiger partial charge >= 0.3 is 5.97 Å². The van der Waals surface area contributed by atoms with E-state index in [1.54, 1.807) is 6.92 Å². The molecular formula is C23H26FN3O6S2.